The monoisotopic (exact) mass is 382 g/mol. The Bertz CT molecular complexity index is 713. The Labute approximate surface area is 167 Å². The second-order valence-corrected chi connectivity index (χ2v) is 7.03. The Kier molecular flexibility index (Phi) is 9.98. The van der Waals surface area contributed by atoms with Crippen LogP contribution in [0.5, 0.6) is 0 Å². The molecule has 0 radical (unpaired) electrons. The van der Waals surface area contributed by atoms with Crippen molar-refractivity contribution in [2.24, 2.45) is 0 Å². The minimum atomic E-state index is -0.230. The van der Waals surface area contributed by atoms with Gasteiger partial charge in [0.2, 0.25) is 5.91 Å². The van der Waals surface area contributed by atoms with E-state index in [0.717, 1.165) is 43.2 Å². The van der Waals surface area contributed by atoms with Crippen LogP contribution in [0.25, 0.3) is 11.1 Å². The topological polar surface area (TPSA) is 46.2 Å². The predicted molar refractivity (Wildman–Crippen MR) is 112 cm³/mol. The maximum Gasteiger partial charge on any atom is 0.220 e. The lowest BCUT2D eigenvalue weighted by Crippen LogP contribution is -2.24. The molecule has 150 valence electrons. The molecule has 2 aromatic rings. The van der Waals surface area contributed by atoms with Crippen LogP contribution in [0.2, 0.25) is 0 Å². The van der Waals surface area contributed by atoms with Crippen molar-refractivity contribution in [3.05, 3.63) is 60.2 Å². The van der Waals surface area contributed by atoms with Gasteiger partial charge in [0.1, 0.15) is 0 Å². The number of ketones is 1. The Balaban J connectivity index is 1.63. The third-order valence-corrected chi connectivity index (χ3v) is 4.78. The van der Waals surface area contributed by atoms with Crippen LogP contribution in [0.15, 0.2) is 54.6 Å². The van der Waals surface area contributed by atoms with E-state index in [2.05, 4.69) is 5.32 Å². The van der Waals surface area contributed by atoms with Crippen molar-refractivity contribution in [1.82, 2.24) is 5.32 Å². The number of carbonyl (C=O) groups excluding carboxylic acids is 2. The number of halogens is 1. The molecule has 0 aliphatic carbocycles. The SMILES string of the molecule is O=C(CCC(=O)c1ccc(-c2ccccc2)cc1)NCCCCCCCC[18F]. The van der Waals surface area contributed by atoms with Crippen molar-refractivity contribution in [3.63, 3.8) is 0 Å². The summed E-state index contributed by atoms with van der Waals surface area (Å²) in [7, 11) is 0. The fourth-order valence-corrected chi connectivity index (χ4v) is 3.09. The lowest BCUT2D eigenvalue weighted by molar-refractivity contribution is -0.121. The molecule has 2 rings (SSSR count). The molecular formula is C24H30FNO2. The second-order valence-electron chi connectivity index (χ2n) is 7.03. The average Bonchev–Trinajstić information content (AvgIpc) is 2.74. The number of alkyl halides is 1. The van der Waals surface area contributed by atoms with Crippen LogP contribution in [-0.2, 0) is 4.79 Å². The van der Waals surface area contributed by atoms with E-state index in [1.807, 2.05) is 54.6 Å². The van der Waals surface area contributed by atoms with Gasteiger partial charge in [-0.3, -0.25) is 14.0 Å². The first-order chi connectivity index (χ1) is 13.7. The summed E-state index contributed by atoms with van der Waals surface area (Å²) in [6.45, 7) is 0.411. The molecule has 0 atom stereocenters. The first-order valence-corrected chi connectivity index (χ1v) is 10.2. The highest BCUT2D eigenvalue weighted by molar-refractivity contribution is 5.98. The first-order valence-electron chi connectivity index (χ1n) is 10.2. The molecule has 0 fully saturated rings. The Morgan fingerprint density at radius 1 is 0.714 bits per heavy atom. The number of carbonyl (C=O) groups is 2. The van der Waals surface area contributed by atoms with E-state index in [1.54, 1.807) is 0 Å². The first kappa shape index (κ1) is 21.8. The summed E-state index contributed by atoms with van der Waals surface area (Å²) in [5.74, 6) is -0.0886. The lowest BCUT2D eigenvalue weighted by Gasteiger charge is -2.06. The van der Waals surface area contributed by atoms with Crippen molar-refractivity contribution >= 4 is 11.7 Å². The van der Waals surface area contributed by atoms with Crippen LogP contribution >= 0.6 is 0 Å². The minimum absolute atomic E-state index is 0.0115. The summed E-state index contributed by atoms with van der Waals surface area (Å²) in [6.07, 6.45) is 6.13. The summed E-state index contributed by atoms with van der Waals surface area (Å²) in [5, 5.41) is 2.87. The van der Waals surface area contributed by atoms with Gasteiger partial charge in [0, 0.05) is 24.9 Å². The molecular weight excluding hydrogens is 352 g/mol. The van der Waals surface area contributed by atoms with Crippen LogP contribution in [0.4, 0.5) is 4.39 Å². The zero-order valence-corrected chi connectivity index (χ0v) is 16.5. The Hall–Kier alpha value is -2.49. The summed E-state index contributed by atoms with van der Waals surface area (Å²) >= 11 is 0. The third kappa shape index (κ3) is 8.03. The number of unbranched alkanes of at least 4 members (excludes halogenated alkanes) is 5. The van der Waals surface area contributed by atoms with Crippen molar-refractivity contribution in [3.8, 4) is 11.1 Å². The molecule has 28 heavy (non-hydrogen) atoms. The molecule has 4 heteroatoms. The van der Waals surface area contributed by atoms with Gasteiger partial charge in [0.25, 0.3) is 0 Å². The number of Topliss-reactive ketones (excluding diaryl/α,β-unsaturated/α-hetero) is 1. The minimum Gasteiger partial charge on any atom is -0.356 e. The molecule has 0 aliphatic heterocycles. The summed E-state index contributed by atoms with van der Waals surface area (Å²) < 4.78 is 12.0. The van der Waals surface area contributed by atoms with Gasteiger partial charge in [-0.15, -0.1) is 0 Å². The smallest absolute Gasteiger partial charge is 0.220 e. The summed E-state index contributed by atoms with van der Waals surface area (Å²) in [6, 6.07) is 17.5. The molecule has 0 saturated heterocycles. The molecule has 0 heterocycles. The van der Waals surface area contributed by atoms with Crippen molar-refractivity contribution < 1.29 is 14.0 Å². The van der Waals surface area contributed by atoms with E-state index in [0.29, 0.717) is 18.5 Å². The molecule has 1 amide bonds. The Morgan fingerprint density at radius 2 is 1.32 bits per heavy atom. The van der Waals surface area contributed by atoms with Crippen molar-refractivity contribution in [2.75, 3.05) is 13.2 Å². The second kappa shape index (κ2) is 12.8. The fourth-order valence-electron chi connectivity index (χ4n) is 3.09. The zero-order chi connectivity index (χ0) is 20.0. The van der Waals surface area contributed by atoms with E-state index in [1.165, 1.54) is 0 Å². The molecule has 0 aromatic heterocycles. The van der Waals surface area contributed by atoms with Crippen molar-refractivity contribution in [1.29, 1.82) is 0 Å². The highest BCUT2D eigenvalue weighted by Crippen LogP contribution is 2.19. The number of hydrogen-bond acceptors (Lipinski definition) is 2. The maximum absolute atomic E-state index is 12.3. The molecule has 0 aliphatic rings. The van der Waals surface area contributed by atoms with Crippen LogP contribution in [0, 0.1) is 0 Å². The van der Waals surface area contributed by atoms with E-state index in [9.17, 15) is 14.0 Å². The highest BCUT2D eigenvalue weighted by atomic mass is 18.2. The molecule has 0 saturated carbocycles. The van der Waals surface area contributed by atoms with Gasteiger partial charge < -0.3 is 5.32 Å². The number of nitrogens with one attached hydrogen (secondary N) is 1. The van der Waals surface area contributed by atoms with E-state index in [4.69, 9.17) is 0 Å². The zero-order valence-electron chi connectivity index (χ0n) is 16.5. The highest BCUT2D eigenvalue weighted by Gasteiger charge is 2.09. The van der Waals surface area contributed by atoms with Gasteiger partial charge in [-0.25, -0.2) is 0 Å². The third-order valence-electron chi connectivity index (χ3n) is 4.78. The standard InChI is InChI=1S/C24H30FNO2/c25-18-8-3-1-2-4-9-19-26-24(28)17-16-23(27)22-14-12-21(13-15-22)20-10-6-5-7-11-20/h5-7,10-15H,1-4,8-9,16-19H2,(H,26,28)/i25-1. The molecule has 1 N–H and O–H groups in total. The normalized spacial score (nSPS) is 10.6. The maximum atomic E-state index is 12.3. The van der Waals surface area contributed by atoms with Crippen LogP contribution in [0.1, 0.15) is 61.7 Å². The average molecular weight is 383 g/mol. The van der Waals surface area contributed by atoms with E-state index in [-0.39, 0.29) is 31.2 Å². The molecule has 0 unspecified atom stereocenters. The largest absolute Gasteiger partial charge is 0.356 e. The summed E-state index contributed by atoms with van der Waals surface area (Å²) in [4.78, 5) is 24.2. The Morgan fingerprint density at radius 3 is 2.00 bits per heavy atom. The van der Waals surface area contributed by atoms with Gasteiger partial charge in [0.15, 0.2) is 5.78 Å². The van der Waals surface area contributed by atoms with Crippen LogP contribution in [0.3, 0.4) is 0 Å². The quantitative estimate of drug-likeness (QED) is 0.354. The van der Waals surface area contributed by atoms with Gasteiger partial charge in [-0.2, -0.15) is 0 Å². The molecule has 2 aromatic carbocycles. The van der Waals surface area contributed by atoms with Gasteiger partial charge >= 0.3 is 0 Å². The van der Waals surface area contributed by atoms with Gasteiger partial charge in [0.05, 0.1) is 6.67 Å². The molecule has 3 nitrogen and oxygen atoms in total. The fraction of sp³-hybridized carbons (Fsp3) is 0.417. The molecule has 0 spiro atoms. The van der Waals surface area contributed by atoms with Gasteiger partial charge in [-0.05, 0) is 24.0 Å². The van der Waals surface area contributed by atoms with Gasteiger partial charge in [-0.1, -0.05) is 80.3 Å². The summed E-state index contributed by atoms with van der Waals surface area (Å²) in [5.41, 5.74) is 2.82. The van der Waals surface area contributed by atoms with E-state index < -0.39 is 0 Å². The van der Waals surface area contributed by atoms with Crippen LogP contribution < -0.4 is 5.32 Å². The number of hydrogen-bond donors (Lipinski definition) is 1. The van der Waals surface area contributed by atoms with Crippen molar-refractivity contribution in [2.45, 2.75) is 51.4 Å². The number of amides is 1. The van der Waals surface area contributed by atoms with E-state index >= 15 is 0 Å². The number of rotatable bonds is 13. The molecule has 0 bridgehead atoms. The number of benzene rings is 2. The van der Waals surface area contributed by atoms with Crippen LogP contribution in [-0.4, -0.2) is 24.9 Å². The lowest BCUT2D eigenvalue weighted by atomic mass is 10.0. The predicted octanol–water partition coefficient (Wildman–Crippen LogP) is 5.74.